The van der Waals surface area contributed by atoms with Crippen molar-refractivity contribution < 1.29 is 18.0 Å². The summed E-state index contributed by atoms with van der Waals surface area (Å²) in [6.45, 7) is 10.5. The molecule has 2 aromatic carbocycles. The average molecular weight is 508 g/mol. The number of hydrogen-bond donors (Lipinski definition) is 1. The van der Waals surface area contributed by atoms with E-state index < -0.39 is 34.1 Å². The first-order valence-electron chi connectivity index (χ1n) is 11.0. The third-order valence-corrected chi connectivity index (χ3v) is 6.58. The van der Waals surface area contributed by atoms with Gasteiger partial charge in [0.2, 0.25) is 21.8 Å². The van der Waals surface area contributed by atoms with E-state index in [2.05, 4.69) is 5.32 Å². The fraction of sp³-hybridized carbons (Fsp3) is 0.440. The molecule has 0 bridgehead atoms. The average Bonchev–Trinajstić information content (AvgIpc) is 2.69. The second-order valence-electron chi connectivity index (χ2n) is 9.63. The Hall–Kier alpha value is -2.58. The number of benzene rings is 2. The molecular formula is C25H34ClN3O4S. The largest absolute Gasteiger partial charge is 0.350 e. The summed E-state index contributed by atoms with van der Waals surface area (Å²) < 4.78 is 26.5. The molecule has 0 saturated heterocycles. The van der Waals surface area contributed by atoms with Gasteiger partial charge in [-0.2, -0.15) is 0 Å². The lowest BCUT2D eigenvalue weighted by Gasteiger charge is -2.33. The van der Waals surface area contributed by atoms with Gasteiger partial charge in [-0.1, -0.05) is 35.9 Å². The normalized spacial score (nSPS) is 12.7. The summed E-state index contributed by atoms with van der Waals surface area (Å²) in [6, 6.07) is 11.6. The number of aryl methyl sites for hydroxylation is 2. The van der Waals surface area contributed by atoms with Crippen LogP contribution in [0.2, 0.25) is 5.02 Å². The third kappa shape index (κ3) is 7.74. The Morgan fingerprint density at radius 2 is 1.74 bits per heavy atom. The van der Waals surface area contributed by atoms with E-state index in [0.717, 1.165) is 27.3 Å². The smallest absolute Gasteiger partial charge is 0.244 e. The lowest BCUT2D eigenvalue weighted by Crippen LogP contribution is -2.54. The van der Waals surface area contributed by atoms with Gasteiger partial charge in [-0.15, -0.1) is 0 Å². The molecule has 9 heteroatoms. The molecule has 34 heavy (non-hydrogen) atoms. The number of nitrogens with zero attached hydrogens (tertiary/aromatic N) is 2. The third-order valence-electron chi connectivity index (χ3n) is 5.22. The van der Waals surface area contributed by atoms with Crippen molar-refractivity contribution in [3.8, 4) is 0 Å². The summed E-state index contributed by atoms with van der Waals surface area (Å²) in [5.41, 5.74) is 2.27. The number of amides is 2. The number of halogens is 1. The fourth-order valence-electron chi connectivity index (χ4n) is 3.47. The molecule has 186 valence electrons. The van der Waals surface area contributed by atoms with Crippen LogP contribution in [-0.4, -0.2) is 49.5 Å². The first-order chi connectivity index (χ1) is 15.6. The van der Waals surface area contributed by atoms with Gasteiger partial charge in [0.1, 0.15) is 12.6 Å². The Bertz CT molecular complexity index is 1160. The molecule has 2 rings (SSSR count). The number of carbonyl (C=O) groups is 2. The molecule has 0 unspecified atom stereocenters. The molecule has 0 heterocycles. The maximum absolute atomic E-state index is 13.6. The van der Waals surface area contributed by atoms with Crippen LogP contribution in [0, 0.1) is 13.8 Å². The van der Waals surface area contributed by atoms with Crippen molar-refractivity contribution in [1.29, 1.82) is 0 Å². The van der Waals surface area contributed by atoms with Crippen LogP contribution in [0.4, 0.5) is 5.69 Å². The Balaban J connectivity index is 2.45. The van der Waals surface area contributed by atoms with Crippen molar-refractivity contribution in [3.63, 3.8) is 0 Å². The van der Waals surface area contributed by atoms with Crippen LogP contribution in [0.1, 0.15) is 44.4 Å². The van der Waals surface area contributed by atoms with Gasteiger partial charge in [0, 0.05) is 17.1 Å². The minimum absolute atomic E-state index is 0.0997. The molecule has 2 amide bonds. The highest BCUT2D eigenvalue weighted by atomic mass is 35.5. The van der Waals surface area contributed by atoms with Crippen LogP contribution in [0.25, 0.3) is 0 Å². The van der Waals surface area contributed by atoms with Gasteiger partial charge >= 0.3 is 0 Å². The van der Waals surface area contributed by atoms with Gasteiger partial charge in [0.15, 0.2) is 0 Å². The summed E-state index contributed by atoms with van der Waals surface area (Å²) in [6.07, 6.45) is 1.07. The van der Waals surface area contributed by atoms with E-state index in [1.165, 1.54) is 4.90 Å². The van der Waals surface area contributed by atoms with Crippen LogP contribution >= 0.6 is 11.6 Å². The van der Waals surface area contributed by atoms with Crippen molar-refractivity contribution in [2.45, 2.75) is 59.7 Å². The van der Waals surface area contributed by atoms with Gasteiger partial charge in [-0.25, -0.2) is 8.42 Å². The fourth-order valence-corrected chi connectivity index (χ4v) is 4.58. The maximum Gasteiger partial charge on any atom is 0.244 e. The molecule has 0 radical (unpaired) electrons. The van der Waals surface area contributed by atoms with Gasteiger partial charge in [0.05, 0.1) is 11.9 Å². The van der Waals surface area contributed by atoms with Crippen molar-refractivity contribution in [2.75, 3.05) is 17.1 Å². The lowest BCUT2D eigenvalue weighted by molar-refractivity contribution is -0.140. The Morgan fingerprint density at radius 1 is 1.09 bits per heavy atom. The van der Waals surface area contributed by atoms with E-state index in [-0.39, 0.29) is 12.5 Å². The zero-order valence-corrected chi connectivity index (χ0v) is 22.4. The lowest BCUT2D eigenvalue weighted by atomic mass is 10.1. The predicted molar refractivity (Wildman–Crippen MR) is 137 cm³/mol. The summed E-state index contributed by atoms with van der Waals surface area (Å²) in [5, 5.41) is 3.40. The highest BCUT2D eigenvalue weighted by molar-refractivity contribution is 7.92. The quantitative estimate of drug-likeness (QED) is 0.583. The molecule has 0 aromatic heterocycles. The SMILES string of the molecule is Cc1ccc(C)c(N(CC(=O)N(Cc2cccc(Cl)c2)[C@@H](C)C(=O)NC(C)(C)C)S(C)(=O)=O)c1. The van der Waals surface area contributed by atoms with E-state index in [4.69, 9.17) is 11.6 Å². The highest BCUT2D eigenvalue weighted by Crippen LogP contribution is 2.25. The predicted octanol–water partition coefficient (Wildman–Crippen LogP) is 4.05. The van der Waals surface area contributed by atoms with E-state index in [1.807, 2.05) is 39.8 Å². The number of rotatable bonds is 8. The summed E-state index contributed by atoms with van der Waals surface area (Å²) >= 11 is 6.12. The topological polar surface area (TPSA) is 86.8 Å². The van der Waals surface area contributed by atoms with Crippen LogP contribution in [0.5, 0.6) is 0 Å². The molecule has 0 aliphatic heterocycles. The van der Waals surface area contributed by atoms with Crippen molar-refractivity contribution in [1.82, 2.24) is 10.2 Å². The molecule has 0 fully saturated rings. The minimum atomic E-state index is -3.78. The van der Waals surface area contributed by atoms with Crippen LogP contribution in [0.3, 0.4) is 0 Å². The highest BCUT2D eigenvalue weighted by Gasteiger charge is 2.31. The zero-order valence-electron chi connectivity index (χ0n) is 20.8. The number of nitrogens with one attached hydrogen (secondary N) is 1. The maximum atomic E-state index is 13.6. The summed E-state index contributed by atoms with van der Waals surface area (Å²) in [4.78, 5) is 27.9. The molecule has 1 N–H and O–H groups in total. The zero-order chi connectivity index (χ0) is 25.8. The van der Waals surface area contributed by atoms with Gasteiger partial charge in [0.25, 0.3) is 0 Å². The number of carbonyl (C=O) groups excluding carboxylic acids is 2. The Kier molecular flexibility index (Phi) is 8.77. The minimum Gasteiger partial charge on any atom is -0.350 e. The van der Waals surface area contributed by atoms with E-state index in [1.54, 1.807) is 44.2 Å². The molecule has 0 saturated carbocycles. The second kappa shape index (κ2) is 10.8. The van der Waals surface area contributed by atoms with Crippen molar-refractivity contribution >= 4 is 39.1 Å². The molecule has 0 aliphatic rings. The first-order valence-corrected chi connectivity index (χ1v) is 13.2. The van der Waals surface area contributed by atoms with Gasteiger partial charge in [-0.05, 0) is 76.4 Å². The van der Waals surface area contributed by atoms with Crippen LogP contribution < -0.4 is 9.62 Å². The van der Waals surface area contributed by atoms with Crippen molar-refractivity contribution in [2.24, 2.45) is 0 Å². The molecule has 0 aliphatic carbocycles. The van der Waals surface area contributed by atoms with Crippen LogP contribution in [0.15, 0.2) is 42.5 Å². The molecular weight excluding hydrogens is 474 g/mol. The molecule has 1 atom stereocenters. The number of anilines is 1. The van der Waals surface area contributed by atoms with Gasteiger partial charge < -0.3 is 10.2 Å². The van der Waals surface area contributed by atoms with Gasteiger partial charge in [-0.3, -0.25) is 13.9 Å². The Morgan fingerprint density at radius 3 is 2.29 bits per heavy atom. The standard InChI is InChI=1S/C25H34ClN3O4S/c1-17-11-12-18(2)22(13-17)29(34(7,32)33)16-23(30)28(15-20-9-8-10-21(26)14-20)19(3)24(31)27-25(4,5)6/h8-14,19H,15-16H2,1-7H3,(H,27,31)/t19-/m0/s1. The molecule has 0 spiro atoms. The van der Waals surface area contributed by atoms with E-state index >= 15 is 0 Å². The molecule has 2 aromatic rings. The van der Waals surface area contributed by atoms with Crippen LogP contribution in [-0.2, 0) is 26.2 Å². The summed E-state index contributed by atoms with van der Waals surface area (Å²) in [5.74, 6) is -0.830. The van der Waals surface area contributed by atoms with E-state index in [9.17, 15) is 18.0 Å². The molecule has 7 nitrogen and oxygen atoms in total. The van der Waals surface area contributed by atoms with Crippen molar-refractivity contribution in [3.05, 3.63) is 64.2 Å². The summed E-state index contributed by atoms with van der Waals surface area (Å²) in [7, 11) is -3.78. The second-order valence-corrected chi connectivity index (χ2v) is 12.0. The number of hydrogen-bond acceptors (Lipinski definition) is 4. The Labute approximate surface area is 208 Å². The first kappa shape index (κ1) is 27.7. The number of sulfonamides is 1. The van der Waals surface area contributed by atoms with E-state index in [0.29, 0.717) is 10.7 Å². The monoisotopic (exact) mass is 507 g/mol.